The van der Waals surface area contributed by atoms with E-state index in [-0.39, 0.29) is 118 Å². The lowest BCUT2D eigenvalue weighted by Crippen LogP contribution is -2.49. The fourth-order valence-electron chi connectivity index (χ4n) is 11.2. The minimum atomic E-state index is -2.00. The lowest BCUT2D eigenvalue weighted by Gasteiger charge is -2.40. The number of anilines is 3. The number of hydrogen-bond acceptors (Lipinski definition) is 14. The molecule has 1 aromatic heterocycles. The van der Waals surface area contributed by atoms with Gasteiger partial charge < -0.3 is 55.7 Å². The molecule has 3 heterocycles. The van der Waals surface area contributed by atoms with E-state index in [1.54, 1.807) is 23.6 Å². The van der Waals surface area contributed by atoms with Gasteiger partial charge in [0.25, 0.3) is 5.91 Å². The summed E-state index contributed by atoms with van der Waals surface area (Å²) in [4.78, 5) is 67.5. The van der Waals surface area contributed by atoms with E-state index in [0.717, 1.165) is 12.1 Å². The van der Waals surface area contributed by atoms with Crippen LogP contribution in [0.15, 0.2) is 78.9 Å². The summed E-state index contributed by atoms with van der Waals surface area (Å²) in [6.45, 7) is 12.2. The van der Waals surface area contributed by atoms with Crippen LogP contribution >= 0.6 is 34.8 Å². The van der Waals surface area contributed by atoms with Crippen molar-refractivity contribution in [3.8, 4) is 28.7 Å². The molecule has 2 fully saturated rings. The first-order chi connectivity index (χ1) is 40.7. The van der Waals surface area contributed by atoms with Gasteiger partial charge in [-0.1, -0.05) is 79.8 Å². The fourth-order valence-corrected chi connectivity index (χ4v) is 11.9. The highest BCUT2D eigenvalue weighted by Gasteiger charge is 2.65. The Balaban J connectivity index is 0.882. The zero-order valence-electron chi connectivity index (χ0n) is 48.2. The minimum Gasteiger partial charge on any atom is -0.507 e. The predicted molar refractivity (Wildman–Crippen MR) is 320 cm³/mol. The molecule has 2 aliphatic heterocycles. The van der Waals surface area contributed by atoms with Crippen LogP contribution in [0.4, 0.5) is 35.0 Å². The van der Waals surface area contributed by atoms with Crippen LogP contribution in [0, 0.1) is 40.0 Å². The molecular weight excluding hydrogens is 1180 g/mol. The summed E-state index contributed by atoms with van der Waals surface area (Å²) in [7, 11) is 1.35. The molecule has 6 N–H and O–H groups in total. The molecule has 4 amide bonds. The molecule has 6 aromatic rings. The first-order valence-corrected chi connectivity index (χ1v) is 28.6. The molecule has 2 aliphatic rings. The number of rotatable bonds is 21. The SMILES string of the molecule is COc1cc(C(=O)NCCOCCOCCNC(=O)C(C)(C)Nc2nc(N3CCN(C(C)=O)CC3)c3cc(Cl)c(-c4c(O)cccc4F)c(F)c3n2)ccc1N1C(C(N)=O)C(c2cccc(Cl)c2F)C(C#N)(c2ccc(Cl)cc2F)C1CC(C)(C)C. The summed E-state index contributed by atoms with van der Waals surface area (Å²) in [5, 5.41) is 30.4. The molecule has 18 nitrogen and oxygen atoms in total. The third-order valence-corrected chi connectivity index (χ3v) is 16.0. The molecule has 4 unspecified atom stereocenters. The molecule has 86 heavy (non-hydrogen) atoms. The van der Waals surface area contributed by atoms with E-state index in [2.05, 4.69) is 27.0 Å². The van der Waals surface area contributed by atoms with Gasteiger partial charge in [0.05, 0.1) is 66.9 Å². The smallest absolute Gasteiger partial charge is 0.251 e. The average Bonchev–Trinajstić information content (AvgIpc) is 1.53. The highest BCUT2D eigenvalue weighted by molar-refractivity contribution is 6.34. The number of aromatic nitrogens is 2. The third kappa shape index (κ3) is 13.3. The Morgan fingerprint density at radius 2 is 1.49 bits per heavy atom. The number of nitriles is 1. The molecule has 0 bridgehead atoms. The average molecular weight is 1250 g/mol. The number of primary amides is 1. The number of nitrogens with zero attached hydrogens (tertiary/aromatic N) is 6. The maximum Gasteiger partial charge on any atom is 0.251 e. The van der Waals surface area contributed by atoms with Gasteiger partial charge in [-0.05, 0) is 85.8 Å². The van der Waals surface area contributed by atoms with Crippen LogP contribution < -0.4 is 36.2 Å². The number of aromatic hydroxyl groups is 1. The van der Waals surface area contributed by atoms with Gasteiger partial charge in [-0.25, -0.2) is 22.5 Å². The van der Waals surface area contributed by atoms with Gasteiger partial charge >= 0.3 is 0 Å². The van der Waals surface area contributed by atoms with Crippen molar-refractivity contribution < 1.29 is 56.1 Å². The molecule has 0 radical (unpaired) electrons. The second-order valence-electron chi connectivity index (χ2n) is 22.6. The summed E-state index contributed by atoms with van der Waals surface area (Å²) < 4.78 is 81.8. The van der Waals surface area contributed by atoms with Crippen molar-refractivity contribution in [2.45, 2.75) is 76.9 Å². The van der Waals surface area contributed by atoms with Crippen molar-refractivity contribution in [3.05, 3.63) is 134 Å². The number of carbonyl (C=O) groups excluding carboxylic acids is 4. The van der Waals surface area contributed by atoms with Crippen LogP contribution in [0.25, 0.3) is 22.0 Å². The number of hydrogen-bond donors (Lipinski definition) is 5. The summed E-state index contributed by atoms with van der Waals surface area (Å²) in [5.74, 6) is -7.53. The summed E-state index contributed by atoms with van der Waals surface area (Å²) in [6, 6.07) is 17.2. The number of benzene rings is 5. The Labute approximate surface area is 509 Å². The molecule has 0 spiro atoms. The zero-order valence-corrected chi connectivity index (χ0v) is 50.5. The van der Waals surface area contributed by atoms with Crippen molar-refractivity contribution in [2.75, 3.05) is 87.9 Å². The molecule has 0 saturated carbocycles. The number of phenols is 1. The number of nitrogens with two attached hydrogens (primary N) is 1. The number of phenolic OH excluding ortho intramolecular Hbond substituents is 1. The number of methoxy groups -OCH3 is 1. The lowest BCUT2D eigenvalue weighted by atomic mass is 9.62. The van der Waals surface area contributed by atoms with Crippen molar-refractivity contribution in [1.29, 1.82) is 5.26 Å². The van der Waals surface area contributed by atoms with Crippen LogP contribution in [0.3, 0.4) is 0 Å². The molecule has 4 atom stereocenters. The highest BCUT2D eigenvalue weighted by Crippen LogP contribution is 2.59. The van der Waals surface area contributed by atoms with Crippen LogP contribution in [0.5, 0.6) is 11.5 Å². The van der Waals surface area contributed by atoms with Crippen LogP contribution in [0.1, 0.15) is 75.4 Å². The number of amides is 4. The predicted octanol–water partition coefficient (Wildman–Crippen LogP) is 9.69. The summed E-state index contributed by atoms with van der Waals surface area (Å²) in [6.07, 6.45) is 0.144. The summed E-state index contributed by atoms with van der Waals surface area (Å²) >= 11 is 19.2. The van der Waals surface area contributed by atoms with E-state index in [1.165, 1.54) is 80.8 Å². The molecule has 2 saturated heterocycles. The zero-order chi connectivity index (χ0) is 62.6. The van der Waals surface area contributed by atoms with E-state index in [9.17, 15) is 29.5 Å². The first-order valence-electron chi connectivity index (χ1n) is 27.5. The van der Waals surface area contributed by atoms with E-state index >= 15 is 17.6 Å². The number of carbonyl (C=O) groups is 4. The Morgan fingerprint density at radius 3 is 2.10 bits per heavy atom. The quantitative estimate of drug-likeness (QED) is 0.0333. The number of ether oxygens (including phenoxy) is 3. The monoisotopic (exact) mass is 1250 g/mol. The van der Waals surface area contributed by atoms with Crippen molar-refractivity contribution in [2.24, 2.45) is 11.1 Å². The topological polar surface area (TPSA) is 238 Å². The van der Waals surface area contributed by atoms with Crippen LogP contribution in [0.2, 0.25) is 15.1 Å². The number of fused-ring (bicyclic) bond motifs is 1. The molecular formula is C61H65Cl3F4N10O8. The fraction of sp³-hybridized carbons (Fsp3) is 0.393. The largest absolute Gasteiger partial charge is 0.507 e. The van der Waals surface area contributed by atoms with Gasteiger partial charge in [0.15, 0.2) is 5.82 Å². The van der Waals surface area contributed by atoms with E-state index < -0.39 is 92.2 Å². The van der Waals surface area contributed by atoms with Crippen molar-refractivity contribution >= 4 is 86.8 Å². The normalized spacial score (nSPS) is 18.0. The van der Waals surface area contributed by atoms with E-state index in [1.807, 2.05) is 25.7 Å². The highest BCUT2D eigenvalue weighted by atomic mass is 35.5. The molecule has 25 heteroatoms. The second-order valence-corrected chi connectivity index (χ2v) is 23.8. The van der Waals surface area contributed by atoms with Gasteiger partial charge in [0.1, 0.15) is 57.3 Å². The Hall–Kier alpha value is -7.68. The van der Waals surface area contributed by atoms with Crippen LogP contribution in [-0.4, -0.2) is 134 Å². The van der Waals surface area contributed by atoms with Gasteiger partial charge in [-0.3, -0.25) is 19.2 Å². The van der Waals surface area contributed by atoms with Gasteiger partial charge in [-0.2, -0.15) is 10.2 Å². The van der Waals surface area contributed by atoms with E-state index in [0.29, 0.717) is 26.2 Å². The first kappa shape index (κ1) is 64.3. The number of halogens is 7. The Bertz CT molecular complexity index is 3600. The summed E-state index contributed by atoms with van der Waals surface area (Å²) in [5.41, 5.74) is 1.24. The Kier molecular flexibility index (Phi) is 19.8. The number of piperazine rings is 1. The molecule has 0 aliphatic carbocycles. The second kappa shape index (κ2) is 26.5. The van der Waals surface area contributed by atoms with Crippen molar-refractivity contribution in [3.63, 3.8) is 0 Å². The standard InChI is InChI=1S/C61H65Cl3F4N10O8/c1-33(79)76-20-22-77(23-21-76)55-37-30-40(64)47(48-41(65)12-9-13-44(48)80)51(68)52(37)73-58(74-55)75-60(5,6)57(83)72-19-25-86-27-26-85-24-18-71-56(82)34-14-17-43(45(28-34)84-7)78-46(31-59(2,3)4)61(32-69,38-16-15-35(62)29-42(38)66)49(53(78)54(70)81)36-10-8-11-39(63)50(36)67/h8-17,28-30,46,49,53,80H,18-27,31H2,1-7H3,(H2,70,81)(H,71,82)(H,72,83)(H,73,74,75). The number of nitrogens with one attached hydrogen (secondary N) is 3. The molecule has 8 rings (SSSR count). The van der Waals surface area contributed by atoms with Gasteiger partial charge in [-0.15, -0.1) is 0 Å². The van der Waals surface area contributed by atoms with Gasteiger partial charge in [0, 0.05) is 79.2 Å². The van der Waals surface area contributed by atoms with E-state index in [4.69, 9.17) is 59.7 Å². The molecule has 5 aromatic carbocycles. The Morgan fingerprint density at radius 1 is 0.814 bits per heavy atom. The van der Waals surface area contributed by atoms with Crippen LogP contribution in [-0.2, 0) is 29.3 Å². The van der Waals surface area contributed by atoms with Gasteiger partial charge in [0.2, 0.25) is 23.7 Å². The van der Waals surface area contributed by atoms with Crippen molar-refractivity contribution in [1.82, 2.24) is 25.5 Å². The molecule has 456 valence electrons. The maximum atomic E-state index is 16.7. The maximum absolute atomic E-state index is 16.7. The lowest BCUT2D eigenvalue weighted by molar-refractivity contribution is -0.129. The minimum absolute atomic E-state index is 0.0484. The third-order valence-electron chi connectivity index (χ3n) is 15.2.